The summed E-state index contributed by atoms with van der Waals surface area (Å²) in [5.41, 5.74) is 1.24. The summed E-state index contributed by atoms with van der Waals surface area (Å²) >= 11 is 3.25. The number of hydrogen-bond acceptors (Lipinski definition) is 5. The molecule has 2 aliphatic rings. The minimum absolute atomic E-state index is 0.175. The highest BCUT2D eigenvalue weighted by Gasteiger charge is 2.39. The van der Waals surface area contributed by atoms with Gasteiger partial charge in [-0.3, -0.25) is 9.36 Å². The lowest BCUT2D eigenvalue weighted by atomic mass is 9.84. The molecule has 0 amide bonds. The van der Waals surface area contributed by atoms with E-state index in [2.05, 4.69) is 17.0 Å². The van der Waals surface area contributed by atoms with E-state index in [0.29, 0.717) is 11.8 Å². The zero-order valence-electron chi connectivity index (χ0n) is 13.3. The number of rotatable bonds is 3. The molecular weight excluding hydrogens is 328 g/mol. The van der Waals surface area contributed by atoms with Crippen molar-refractivity contribution in [2.24, 2.45) is 5.92 Å². The van der Waals surface area contributed by atoms with Gasteiger partial charge in [-0.05, 0) is 20.2 Å². The number of ether oxygens (including phenoxy) is 1. The van der Waals surface area contributed by atoms with Crippen LogP contribution in [0, 0.1) is 5.92 Å². The number of thiazole rings is 1. The van der Waals surface area contributed by atoms with Crippen LogP contribution in [0.3, 0.4) is 0 Å². The Morgan fingerprint density at radius 3 is 3.00 bits per heavy atom. The summed E-state index contributed by atoms with van der Waals surface area (Å²) in [6.45, 7) is 2.40. The van der Waals surface area contributed by atoms with E-state index >= 15 is 0 Å². The van der Waals surface area contributed by atoms with Gasteiger partial charge < -0.3 is 9.64 Å². The number of likely N-dealkylation sites (N-methyl/N-ethyl adjacent to an activating group) is 1. The highest BCUT2D eigenvalue weighted by molar-refractivity contribution is 7.99. The van der Waals surface area contributed by atoms with Gasteiger partial charge in [0.25, 0.3) is 0 Å². The molecule has 0 fully saturated rings. The molecule has 1 aromatic heterocycles. The lowest BCUT2D eigenvalue weighted by Crippen LogP contribution is -2.31. The van der Waals surface area contributed by atoms with Crippen LogP contribution in [0.25, 0.3) is 0 Å². The van der Waals surface area contributed by atoms with Crippen molar-refractivity contribution in [2.75, 3.05) is 33.0 Å². The number of hydrogen-bond donors (Lipinski definition) is 0. The first-order valence-corrected chi connectivity index (χ1v) is 9.68. The Morgan fingerprint density at radius 2 is 2.17 bits per heavy atom. The molecule has 0 saturated heterocycles. The fourth-order valence-corrected chi connectivity index (χ4v) is 6.09. The van der Waals surface area contributed by atoms with Crippen molar-refractivity contribution < 1.29 is 4.74 Å². The minimum Gasteiger partial charge on any atom is -0.493 e. The van der Waals surface area contributed by atoms with Gasteiger partial charge in [-0.25, -0.2) is 0 Å². The third-order valence-corrected chi connectivity index (χ3v) is 7.04. The van der Waals surface area contributed by atoms with Crippen LogP contribution in [0.4, 0.5) is 0 Å². The van der Waals surface area contributed by atoms with Crippen LogP contribution in [-0.2, 0) is 6.54 Å². The second-order valence-corrected chi connectivity index (χ2v) is 8.39. The molecule has 4 rings (SSSR count). The molecule has 2 aromatic rings. The van der Waals surface area contributed by atoms with E-state index in [1.165, 1.54) is 26.8 Å². The van der Waals surface area contributed by atoms with E-state index in [9.17, 15) is 4.79 Å². The SMILES string of the molecule is CN(C)CCn1c2c(sc1=O)C1c3ccccc3OCC1CS2. The Hall–Kier alpha value is -1.24. The lowest BCUT2D eigenvalue weighted by molar-refractivity contribution is 0.218. The maximum atomic E-state index is 12.5. The molecule has 0 radical (unpaired) electrons. The van der Waals surface area contributed by atoms with Crippen molar-refractivity contribution in [1.29, 1.82) is 0 Å². The van der Waals surface area contributed by atoms with Gasteiger partial charge in [0, 0.05) is 41.1 Å². The lowest BCUT2D eigenvalue weighted by Gasteiger charge is -2.36. The second-order valence-electron chi connectivity index (χ2n) is 6.39. The maximum Gasteiger partial charge on any atom is 0.308 e. The van der Waals surface area contributed by atoms with Gasteiger partial charge in [0.2, 0.25) is 0 Å². The zero-order chi connectivity index (χ0) is 16.0. The van der Waals surface area contributed by atoms with Crippen molar-refractivity contribution >= 4 is 23.1 Å². The Balaban J connectivity index is 1.78. The normalized spacial score (nSPS) is 22.2. The summed E-state index contributed by atoms with van der Waals surface area (Å²) < 4.78 is 7.89. The van der Waals surface area contributed by atoms with Crippen LogP contribution in [0.2, 0.25) is 0 Å². The van der Waals surface area contributed by atoms with Crippen molar-refractivity contribution in [3.63, 3.8) is 0 Å². The molecule has 2 atom stereocenters. The van der Waals surface area contributed by atoms with Crippen molar-refractivity contribution in [3.05, 3.63) is 44.4 Å². The van der Waals surface area contributed by atoms with Gasteiger partial charge in [0.1, 0.15) is 5.75 Å². The molecule has 122 valence electrons. The topological polar surface area (TPSA) is 34.5 Å². The zero-order valence-corrected chi connectivity index (χ0v) is 15.0. The molecule has 0 spiro atoms. The first kappa shape index (κ1) is 15.3. The summed E-state index contributed by atoms with van der Waals surface area (Å²) in [7, 11) is 4.09. The third-order valence-electron chi connectivity index (χ3n) is 4.54. The standard InChI is InChI=1S/C17H20N2O2S2/c1-18(2)7-8-19-16-15(23-17(19)20)14-11(10-22-16)9-21-13-6-4-3-5-12(13)14/h3-6,11,14H,7-10H2,1-2H3. The molecule has 3 heterocycles. The summed E-state index contributed by atoms with van der Waals surface area (Å²) in [5.74, 6) is 2.77. The van der Waals surface area contributed by atoms with Crippen molar-refractivity contribution in [2.45, 2.75) is 17.5 Å². The second kappa shape index (κ2) is 6.00. The van der Waals surface area contributed by atoms with E-state index in [4.69, 9.17) is 4.74 Å². The Labute approximate surface area is 144 Å². The fraction of sp³-hybridized carbons (Fsp3) is 0.471. The van der Waals surface area contributed by atoms with Crippen LogP contribution in [-0.4, -0.2) is 42.5 Å². The Kier molecular flexibility index (Phi) is 3.99. The van der Waals surface area contributed by atoms with Gasteiger partial charge in [0.05, 0.1) is 11.6 Å². The molecule has 2 unspecified atom stereocenters. The number of nitrogens with zero attached hydrogens (tertiary/aromatic N) is 2. The fourth-order valence-electron chi connectivity index (χ4n) is 3.35. The van der Waals surface area contributed by atoms with Crippen molar-refractivity contribution in [1.82, 2.24) is 9.47 Å². The van der Waals surface area contributed by atoms with Gasteiger partial charge >= 0.3 is 4.87 Å². The maximum absolute atomic E-state index is 12.5. The molecular formula is C17H20N2O2S2. The van der Waals surface area contributed by atoms with Gasteiger partial charge in [-0.2, -0.15) is 0 Å². The average molecular weight is 348 g/mol. The van der Waals surface area contributed by atoms with Crippen LogP contribution >= 0.6 is 23.1 Å². The minimum atomic E-state index is 0.175. The van der Waals surface area contributed by atoms with Crippen LogP contribution in [0.1, 0.15) is 16.4 Å². The summed E-state index contributed by atoms with van der Waals surface area (Å²) in [6.07, 6.45) is 0. The van der Waals surface area contributed by atoms with Gasteiger partial charge in [0.15, 0.2) is 0 Å². The molecule has 23 heavy (non-hydrogen) atoms. The van der Waals surface area contributed by atoms with E-state index < -0.39 is 0 Å². The Morgan fingerprint density at radius 1 is 1.35 bits per heavy atom. The average Bonchev–Trinajstić information content (AvgIpc) is 2.87. The van der Waals surface area contributed by atoms with E-state index in [0.717, 1.165) is 31.2 Å². The van der Waals surface area contributed by atoms with Gasteiger partial charge in [-0.15, -0.1) is 11.8 Å². The number of aromatic nitrogens is 1. The predicted molar refractivity (Wildman–Crippen MR) is 95.1 cm³/mol. The molecule has 0 N–H and O–H groups in total. The van der Waals surface area contributed by atoms with E-state index in [1.807, 2.05) is 42.6 Å². The molecule has 1 aromatic carbocycles. The third kappa shape index (κ3) is 2.62. The summed E-state index contributed by atoms with van der Waals surface area (Å²) in [5, 5.41) is 1.18. The van der Waals surface area contributed by atoms with Crippen LogP contribution in [0.15, 0.2) is 34.1 Å². The van der Waals surface area contributed by atoms with Crippen molar-refractivity contribution in [3.8, 4) is 5.75 Å². The predicted octanol–water partition coefficient (Wildman–Crippen LogP) is 2.72. The molecule has 2 aliphatic heterocycles. The highest BCUT2D eigenvalue weighted by Crippen LogP contribution is 2.50. The molecule has 0 bridgehead atoms. The molecule has 4 nitrogen and oxygen atoms in total. The molecule has 0 saturated carbocycles. The van der Waals surface area contributed by atoms with Gasteiger partial charge in [-0.1, -0.05) is 29.5 Å². The number of benzene rings is 1. The highest BCUT2D eigenvalue weighted by atomic mass is 32.2. The van der Waals surface area contributed by atoms with Crippen LogP contribution < -0.4 is 9.61 Å². The Bertz CT molecular complexity index is 781. The van der Waals surface area contributed by atoms with E-state index in [1.54, 1.807) is 0 Å². The number of fused-ring (bicyclic) bond motifs is 5. The number of thioether (sulfide) groups is 1. The monoisotopic (exact) mass is 348 g/mol. The first-order valence-electron chi connectivity index (χ1n) is 7.88. The summed E-state index contributed by atoms with van der Waals surface area (Å²) in [6, 6.07) is 8.28. The van der Waals surface area contributed by atoms with E-state index in [-0.39, 0.29) is 4.87 Å². The molecule has 6 heteroatoms. The summed E-state index contributed by atoms with van der Waals surface area (Å²) in [4.78, 5) is 16.1. The largest absolute Gasteiger partial charge is 0.493 e. The molecule has 0 aliphatic carbocycles. The first-order chi connectivity index (χ1) is 11.1. The quantitative estimate of drug-likeness (QED) is 0.854. The van der Waals surface area contributed by atoms with Crippen LogP contribution in [0.5, 0.6) is 5.75 Å². The smallest absolute Gasteiger partial charge is 0.308 e. The number of para-hydroxylation sites is 1.